The van der Waals surface area contributed by atoms with E-state index >= 15 is 0 Å². The number of aromatic nitrogens is 3. The molecule has 2 heterocycles. The number of aryl methyl sites for hydroxylation is 2. The minimum atomic E-state index is 0.526. The van der Waals surface area contributed by atoms with Crippen molar-refractivity contribution < 1.29 is 4.74 Å². The van der Waals surface area contributed by atoms with Gasteiger partial charge in [0.1, 0.15) is 12.4 Å². The number of fused-ring (bicyclic) bond motifs is 3. The van der Waals surface area contributed by atoms with Crippen molar-refractivity contribution in [3.63, 3.8) is 0 Å². The van der Waals surface area contributed by atoms with Crippen LogP contribution < -0.4 is 0 Å². The van der Waals surface area contributed by atoms with Crippen molar-refractivity contribution in [2.45, 2.75) is 33.5 Å². The fraction of sp³-hybridized carbons (Fsp3) is 0.385. The summed E-state index contributed by atoms with van der Waals surface area (Å²) >= 11 is 0. The fourth-order valence-corrected chi connectivity index (χ4v) is 2.39. The third kappa shape index (κ3) is 1.56. The summed E-state index contributed by atoms with van der Waals surface area (Å²) in [7, 11) is 0. The summed E-state index contributed by atoms with van der Waals surface area (Å²) in [6.45, 7) is 5.32. The van der Waals surface area contributed by atoms with Crippen LogP contribution in [0.5, 0.6) is 0 Å². The summed E-state index contributed by atoms with van der Waals surface area (Å²) in [5.41, 5.74) is 3.76. The van der Waals surface area contributed by atoms with Gasteiger partial charge in [0, 0.05) is 5.56 Å². The second kappa shape index (κ2) is 3.96. The molecule has 0 atom stereocenters. The standard InChI is InChI=1S/C13H15N3O/c1-3-10-5-4-6-12-11(10)7-17-8-13-15-14-9(2)16(12)13/h4-6H,3,7-8H2,1-2H3. The first-order chi connectivity index (χ1) is 8.31. The first-order valence-corrected chi connectivity index (χ1v) is 5.91. The van der Waals surface area contributed by atoms with Crippen LogP contribution in [0.2, 0.25) is 0 Å². The summed E-state index contributed by atoms with van der Waals surface area (Å²) in [6, 6.07) is 6.36. The van der Waals surface area contributed by atoms with Gasteiger partial charge in [-0.25, -0.2) is 0 Å². The van der Waals surface area contributed by atoms with Crippen LogP contribution in [0.1, 0.15) is 29.7 Å². The molecule has 1 aromatic heterocycles. The van der Waals surface area contributed by atoms with Gasteiger partial charge in [-0.2, -0.15) is 0 Å². The molecule has 4 heteroatoms. The van der Waals surface area contributed by atoms with E-state index in [9.17, 15) is 0 Å². The Hall–Kier alpha value is -1.68. The molecule has 1 aliphatic heterocycles. The van der Waals surface area contributed by atoms with Crippen LogP contribution in [-0.2, 0) is 24.4 Å². The van der Waals surface area contributed by atoms with Gasteiger partial charge < -0.3 is 4.74 Å². The van der Waals surface area contributed by atoms with Crippen LogP contribution in [0.25, 0.3) is 5.69 Å². The quantitative estimate of drug-likeness (QED) is 0.752. The van der Waals surface area contributed by atoms with Crippen LogP contribution in [0, 0.1) is 6.92 Å². The topological polar surface area (TPSA) is 39.9 Å². The van der Waals surface area contributed by atoms with E-state index in [0.29, 0.717) is 13.2 Å². The number of benzene rings is 1. The zero-order chi connectivity index (χ0) is 11.8. The molecule has 0 N–H and O–H groups in total. The second-order valence-corrected chi connectivity index (χ2v) is 4.26. The number of ether oxygens (including phenoxy) is 1. The van der Waals surface area contributed by atoms with Crippen molar-refractivity contribution in [3.05, 3.63) is 41.0 Å². The van der Waals surface area contributed by atoms with E-state index in [1.807, 2.05) is 6.92 Å². The predicted octanol–water partition coefficient (Wildman–Crippen LogP) is 2.17. The minimum absolute atomic E-state index is 0.526. The molecule has 3 rings (SSSR count). The number of hydrogen-bond acceptors (Lipinski definition) is 3. The predicted molar refractivity (Wildman–Crippen MR) is 64.0 cm³/mol. The summed E-state index contributed by atoms with van der Waals surface area (Å²) in [4.78, 5) is 0. The first kappa shape index (κ1) is 10.5. The fourth-order valence-electron chi connectivity index (χ4n) is 2.39. The van der Waals surface area contributed by atoms with Gasteiger partial charge in [0.2, 0.25) is 0 Å². The average Bonchev–Trinajstić information content (AvgIpc) is 2.61. The Morgan fingerprint density at radius 1 is 1.29 bits per heavy atom. The molecule has 88 valence electrons. The lowest BCUT2D eigenvalue weighted by molar-refractivity contribution is 0.104. The van der Waals surface area contributed by atoms with E-state index in [2.05, 4.69) is 39.9 Å². The third-order valence-corrected chi connectivity index (χ3v) is 3.24. The minimum Gasteiger partial charge on any atom is -0.369 e. The van der Waals surface area contributed by atoms with Gasteiger partial charge >= 0.3 is 0 Å². The largest absolute Gasteiger partial charge is 0.369 e. The van der Waals surface area contributed by atoms with Gasteiger partial charge in [-0.15, -0.1) is 10.2 Å². The Morgan fingerprint density at radius 3 is 3.00 bits per heavy atom. The summed E-state index contributed by atoms with van der Waals surface area (Å²) < 4.78 is 7.78. The summed E-state index contributed by atoms with van der Waals surface area (Å²) in [5.74, 6) is 1.80. The van der Waals surface area contributed by atoms with E-state index in [1.165, 1.54) is 16.8 Å². The maximum absolute atomic E-state index is 5.68. The summed E-state index contributed by atoms with van der Waals surface area (Å²) in [6.07, 6.45) is 1.02. The SMILES string of the molecule is CCc1cccc2c1COCc1nnc(C)n1-2. The van der Waals surface area contributed by atoms with Crippen molar-refractivity contribution in [1.82, 2.24) is 14.8 Å². The van der Waals surface area contributed by atoms with Gasteiger partial charge in [-0.3, -0.25) is 4.57 Å². The molecule has 0 saturated carbocycles. The van der Waals surface area contributed by atoms with Crippen LogP contribution in [0.15, 0.2) is 18.2 Å². The van der Waals surface area contributed by atoms with Crippen LogP contribution in [0.3, 0.4) is 0 Å². The Kier molecular flexibility index (Phi) is 2.44. The molecule has 0 spiro atoms. The van der Waals surface area contributed by atoms with Crippen molar-refractivity contribution in [1.29, 1.82) is 0 Å². The van der Waals surface area contributed by atoms with E-state index in [1.54, 1.807) is 0 Å². The third-order valence-electron chi connectivity index (χ3n) is 3.24. The summed E-state index contributed by atoms with van der Waals surface area (Å²) in [5, 5.41) is 8.29. The molecule has 0 fully saturated rings. The normalized spacial score (nSPS) is 14.0. The van der Waals surface area contributed by atoms with Gasteiger partial charge in [0.15, 0.2) is 5.82 Å². The number of hydrogen-bond donors (Lipinski definition) is 0. The first-order valence-electron chi connectivity index (χ1n) is 5.91. The number of nitrogens with zero attached hydrogens (tertiary/aromatic N) is 3. The van der Waals surface area contributed by atoms with Crippen LogP contribution >= 0.6 is 0 Å². The molecule has 1 aromatic carbocycles. The van der Waals surface area contributed by atoms with Gasteiger partial charge in [0.05, 0.1) is 12.3 Å². The van der Waals surface area contributed by atoms with Gasteiger partial charge in [-0.05, 0) is 25.0 Å². The van der Waals surface area contributed by atoms with Crippen LogP contribution in [0.4, 0.5) is 0 Å². The zero-order valence-corrected chi connectivity index (χ0v) is 10.1. The van der Waals surface area contributed by atoms with E-state index in [0.717, 1.165) is 18.1 Å². The average molecular weight is 229 g/mol. The molecular weight excluding hydrogens is 214 g/mol. The Bertz CT molecular complexity index is 560. The molecular formula is C13H15N3O. The highest BCUT2D eigenvalue weighted by atomic mass is 16.5. The zero-order valence-electron chi connectivity index (χ0n) is 10.1. The molecule has 17 heavy (non-hydrogen) atoms. The lowest BCUT2D eigenvalue weighted by atomic mass is 10.0. The van der Waals surface area contributed by atoms with Crippen molar-refractivity contribution in [2.75, 3.05) is 0 Å². The van der Waals surface area contributed by atoms with Gasteiger partial charge in [-0.1, -0.05) is 19.1 Å². The highest BCUT2D eigenvalue weighted by Crippen LogP contribution is 2.26. The molecule has 0 amide bonds. The maximum Gasteiger partial charge on any atom is 0.163 e. The smallest absolute Gasteiger partial charge is 0.163 e. The number of rotatable bonds is 1. The molecule has 2 aromatic rings. The van der Waals surface area contributed by atoms with E-state index in [4.69, 9.17) is 4.74 Å². The highest BCUT2D eigenvalue weighted by Gasteiger charge is 2.19. The lowest BCUT2D eigenvalue weighted by Crippen LogP contribution is -2.04. The monoisotopic (exact) mass is 229 g/mol. The maximum atomic E-state index is 5.68. The van der Waals surface area contributed by atoms with Crippen molar-refractivity contribution in [3.8, 4) is 5.69 Å². The molecule has 0 saturated heterocycles. The molecule has 4 nitrogen and oxygen atoms in total. The Labute approximate surface area is 100 Å². The molecule has 1 aliphatic rings. The van der Waals surface area contributed by atoms with E-state index in [-0.39, 0.29) is 0 Å². The van der Waals surface area contributed by atoms with Crippen molar-refractivity contribution >= 4 is 0 Å². The molecule has 0 radical (unpaired) electrons. The highest BCUT2D eigenvalue weighted by molar-refractivity contribution is 5.47. The Balaban J connectivity index is 2.29. The molecule has 0 bridgehead atoms. The van der Waals surface area contributed by atoms with Crippen LogP contribution in [-0.4, -0.2) is 14.8 Å². The lowest BCUT2D eigenvalue weighted by Gasteiger charge is -2.12. The van der Waals surface area contributed by atoms with Gasteiger partial charge in [0.25, 0.3) is 0 Å². The van der Waals surface area contributed by atoms with E-state index < -0.39 is 0 Å². The second-order valence-electron chi connectivity index (χ2n) is 4.26. The van der Waals surface area contributed by atoms with Crippen molar-refractivity contribution in [2.24, 2.45) is 0 Å². The molecule has 0 aliphatic carbocycles. The Morgan fingerprint density at radius 2 is 2.18 bits per heavy atom. The molecule has 0 unspecified atom stereocenters.